The van der Waals surface area contributed by atoms with Crippen molar-refractivity contribution in [3.63, 3.8) is 0 Å². The first-order valence-corrected chi connectivity index (χ1v) is 6.89. The molecule has 2 nitrogen and oxygen atoms in total. The number of likely N-dealkylation sites (N-methyl/N-ethyl adjacent to an activating group) is 1. The standard InChI is InChI=1S/C17H18FNO/c1-19-16-14-5-3-2-4-13(14)15(17(16)20)10-11-6-8-12(18)9-7-11/h2-9,15-17,19-20H,10H2,1H3/t15-,16-,17?/m0/s1. The number of fused-ring (bicyclic) bond motifs is 1. The van der Waals surface area contributed by atoms with E-state index < -0.39 is 6.10 Å². The van der Waals surface area contributed by atoms with Crippen LogP contribution < -0.4 is 5.32 Å². The Morgan fingerprint density at radius 1 is 1.05 bits per heavy atom. The first-order chi connectivity index (χ1) is 9.70. The average Bonchev–Trinajstić information content (AvgIpc) is 2.74. The second kappa shape index (κ2) is 5.35. The summed E-state index contributed by atoms with van der Waals surface area (Å²) in [4.78, 5) is 0. The molecule has 0 fully saturated rings. The maximum Gasteiger partial charge on any atom is 0.123 e. The van der Waals surface area contributed by atoms with Gasteiger partial charge in [-0.15, -0.1) is 0 Å². The summed E-state index contributed by atoms with van der Waals surface area (Å²) in [6.07, 6.45) is 0.263. The van der Waals surface area contributed by atoms with Crippen LogP contribution in [-0.4, -0.2) is 18.3 Å². The first kappa shape index (κ1) is 13.3. The largest absolute Gasteiger partial charge is 0.390 e. The maximum atomic E-state index is 13.0. The third kappa shape index (κ3) is 2.23. The van der Waals surface area contributed by atoms with Gasteiger partial charge in [-0.25, -0.2) is 4.39 Å². The van der Waals surface area contributed by atoms with E-state index in [-0.39, 0.29) is 17.8 Å². The molecule has 104 valence electrons. The van der Waals surface area contributed by atoms with Gasteiger partial charge in [-0.1, -0.05) is 36.4 Å². The summed E-state index contributed by atoms with van der Waals surface area (Å²) in [6, 6.07) is 14.6. The molecule has 20 heavy (non-hydrogen) atoms. The SMILES string of the molecule is CN[C@H]1c2ccccc2[C@H](Cc2ccc(F)cc2)C1O. The van der Waals surface area contributed by atoms with Gasteiger partial charge in [0, 0.05) is 5.92 Å². The normalized spacial score (nSPS) is 24.6. The molecule has 0 saturated carbocycles. The zero-order chi connectivity index (χ0) is 14.1. The fourth-order valence-corrected chi connectivity index (χ4v) is 3.16. The summed E-state index contributed by atoms with van der Waals surface area (Å²) < 4.78 is 13.0. The highest BCUT2D eigenvalue weighted by atomic mass is 19.1. The lowest BCUT2D eigenvalue weighted by Crippen LogP contribution is -2.28. The van der Waals surface area contributed by atoms with E-state index in [1.54, 1.807) is 12.1 Å². The Hall–Kier alpha value is -1.71. The number of nitrogens with one attached hydrogen (secondary N) is 1. The van der Waals surface area contributed by atoms with Crippen LogP contribution in [0.2, 0.25) is 0 Å². The molecule has 3 heteroatoms. The van der Waals surface area contributed by atoms with Crippen LogP contribution in [0, 0.1) is 5.82 Å². The number of aliphatic hydroxyl groups excluding tert-OH is 1. The summed E-state index contributed by atoms with van der Waals surface area (Å²) >= 11 is 0. The Morgan fingerprint density at radius 2 is 1.70 bits per heavy atom. The number of halogens is 1. The van der Waals surface area contributed by atoms with Crippen molar-refractivity contribution in [2.45, 2.75) is 24.5 Å². The third-order valence-electron chi connectivity index (χ3n) is 4.16. The van der Waals surface area contributed by atoms with Gasteiger partial charge in [0.25, 0.3) is 0 Å². The molecule has 1 aliphatic rings. The third-order valence-corrected chi connectivity index (χ3v) is 4.16. The van der Waals surface area contributed by atoms with E-state index in [4.69, 9.17) is 0 Å². The fraction of sp³-hybridized carbons (Fsp3) is 0.294. The van der Waals surface area contributed by atoms with E-state index in [1.165, 1.54) is 17.7 Å². The van der Waals surface area contributed by atoms with Crippen molar-refractivity contribution in [2.75, 3.05) is 7.05 Å². The molecule has 2 aromatic rings. The molecule has 3 rings (SSSR count). The Balaban J connectivity index is 1.91. The monoisotopic (exact) mass is 271 g/mol. The van der Waals surface area contributed by atoms with Crippen LogP contribution in [0.25, 0.3) is 0 Å². The predicted octanol–water partition coefficient (Wildman–Crippen LogP) is 2.79. The van der Waals surface area contributed by atoms with Crippen molar-refractivity contribution in [1.82, 2.24) is 5.32 Å². The number of benzene rings is 2. The highest BCUT2D eigenvalue weighted by Crippen LogP contribution is 2.41. The topological polar surface area (TPSA) is 32.3 Å². The minimum absolute atomic E-state index is 0.0309. The van der Waals surface area contributed by atoms with Gasteiger partial charge in [0.2, 0.25) is 0 Å². The maximum absolute atomic E-state index is 13.0. The van der Waals surface area contributed by atoms with E-state index in [2.05, 4.69) is 17.4 Å². The van der Waals surface area contributed by atoms with Crippen molar-refractivity contribution in [1.29, 1.82) is 0 Å². The van der Waals surface area contributed by atoms with Gasteiger partial charge < -0.3 is 10.4 Å². The quantitative estimate of drug-likeness (QED) is 0.899. The lowest BCUT2D eigenvalue weighted by molar-refractivity contribution is 0.118. The van der Waals surface area contributed by atoms with Crippen LogP contribution in [0.3, 0.4) is 0 Å². The van der Waals surface area contributed by atoms with Gasteiger partial charge in [-0.2, -0.15) is 0 Å². The number of aliphatic hydroxyl groups is 1. The molecule has 2 aromatic carbocycles. The summed E-state index contributed by atoms with van der Waals surface area (Å²) in [6.45, 7) is 0. The highest BCUT2D eigenvalue weighted by molar-refractivity contribution is 5.41. The molecular weight excluding hydrogens is 253 g/mol. The van der Waals surface area contributed by atoms with Crippen molar-refractivity contribution < 1.29 is 9.50 Å². The van der Waals surface area contributed by atoms with E-state index in [0.717, 1.165) is 17.5 Å². The Kier molecular flexibility index (Phi) is 3.55. The number of rotatable bonds is 3. The Labute approximate surface area is 118 Å². The molecule has 0 spiro atoms. The van der Waals surface area contributed by atoms with Gasteiger partial charge >= 0.3 is 0 Å². The average molecular weight is 271 g/mol. The van der Waals surface area contributed by atoms with Crippen LogP contribution in [-0.2, 0) is 6.42 Å². The molecule has 0 aromatic heterocycles. The van der Waals surface area contributed by atoms with Gasteiger partial charge in [0.05, 0.1) is 12.1 Å². The molecule has 0 aliphatic heterocycles. The summed E-state index contributed by atoms with van der Waals surface area (Å²) in [5, 5.41) is 13.7. The van der Waals surface area contributed by atoms with Gasteiger partial charge in [-0.05, 0) is 42.3 Å². The molecular formula is C17H18FNO. The second-order valence-corrected chi connectivity index (χ2v) is 5.32. The molecule has 0 amide bonds. The number of hydrogen-bond donors (Lipinski definition) is 2. The van der Waals surface area contributed by atoms with Crippen LogP contribution in [0.4, 0.5) is 4.39 Å². The molecule has 3 atom stereocenters. The van der Waals surface area contributed by atoms with Gasteiger partial charge in [0.15, 0.2) is 0 Å². The van der Waals surface area contributed by atoms with Crippen LogP contribution in [0.1, 0.15) is 28.7 Å². The van der Waals surface area contributed by atoms with Crippen molar-refractivity contribution >= 4 is 0 Å². The van der Waals surface area contributed by atoms with Gasteiger partial charge in [-0.3, -0.25) is 0 Å². The van der Waals surface area contributed by atoms with Crippen LogP contribution >= 0.6 is 0 Å². The molecule has 0 bridgehead atoms. The Morgan fingerprint density at radius 3 is 2.35 bits per heavy atom. The molecule has 1 aliphatic carbocycles. The minimum Gasteiger partial charge on any atom is -0.390 e. The van der Waals surface area contributed by atoms with Crippen molar-refractivity contribution in [3.05, 3.63) is 71.0 Å². The molecule has 0 saturated heterocycles. The smallest absolute Gasteiger partial charge is 0.123 e. The summed E-state index contributed by atoms with van der Waals surface area (Å²) in [5.41, 5.74) is 3.39. The summed E-state index contributed by atoms with van der Waals surface area (Å²) in [7, 11) is 1.87. The van der Waals surface area contributed by atoms with Crippen molar-refractivity contribution in [2.24, 2.45) is 0 Å². The fourth-order valence-electron chi connectivity index (χ4n) is 3.16. The second-order valence-electron chi connectivity index (χ2n) is 5.32. The van der Waals surface area contributed by atoms with E-state index in [1.807, 2.05) is 19.2 Å². The molecule has 2 N–H and O–H groups in total. The highest BCUT2D eigenvalue weighted by Gasteiger charge is 2.38. The zero-order valence-corrected chi connectivity index (χ0v) is 11.4. The Bertz CT molecular complexity index is 596. The van der Waals surface area contributed by atoms with Crippen LogP contribution in [0.15, 0.2) is 48.5 Å². The lowest BCUT2D eigenvalue weighted by Gasteiger charge is -2.20. The predicted molar refractivity (Wildman–Crippen MR) is 77.1 cm³/mol. The molecule has 1 unspecified atom stereocenters. The summed E-state index contributed by atoms with van der Waals surface area (Å²) in [5.74, 6) is -0.177. The van der Waals surface area contributed by atoms with E-state index in [9.17, 15) is 9.50 Å². The lowest BCUT2D eigenvalue weighted by atomic mass is 9.92. The first-order valence-electron chi connectivity index (χ1n) is 6.89. The van der Waals surface area contributed by atoms with Gasteiger partial charge in [0.1, 0.15) is 5.82 Å². The van der Waals surface area contributed by atoms with E-state index in [0.29, 0.717) is 0 Å². The van der Waals surface area contributed by atoms with E-state index >= 15 is 0 Å². The van der Waals surface area contributed by atoms with Crippen LogP contribution in [0.5, 0.6) is 0 Å². The number of hydrogen-bond acceptors (Lipinski definition) is 2. The van der Waals surface area contributed by atoms with Crippen molar-refractivity contribution in [3.8, 4) is 0 Å². The zero-order valence-electron chi connectivity index (χ0n) is 11.4. The molecule has 0 heterocycles. The minimum atomic E-state index is -0.456. The molecule has 0 radical (unpaired) electrons.